The van der Waals surface area contributed by atoms with Crippen molar-refractivity contribution in [3.05, 3.63) is 35.0 Å². The first-order chi connectivity index (χ1) is 13.4. The van der Waals surface area contributed by atoms with Gasteiger partial charge >= 0.3 is 0 Å². The van der Waals surface area contributed by atoms with E-state index < -0.39 is 35.5 Å². The molecule has 10 heteroatoms. The highest BCUT2D eigenvalue weighted by atomic mass is 19.2. The molecule has 0 bridgehead atoms. The van der Waals surface area contributed by atoms with Gasteiger partial charge in [-0.1, -0.05) is 0 Å². The van der Waals surface area contributed by atoms with E-state index in [9.17, 15) is 13.2 Å². The average Bonchev–Trinajstić information content (AvgIpc) is 3.07. The molecule has 28 heavy (non-hydrogen) atoms. The van der Waals surface area contributed by atoms with E-state index >= 15 is 0 Å². The maximum atomic E-state index is 14.1. The molecule has 4 atom stereocenters. The zero-order valence-corrected chi connectivity index (χ0v) is 15.0. The summed E-state index contributed by atoms with van der Waals surface area (Å²) >= 11 is 0. The molecule has 4 N–H and O–H groups in total. The molecule has 4 rings (SSSR count). The second-order valence-corrected chi connectivity index (χ2v) is 7.32. The number of nitrogens with zero attached hydrogens (tertiary/aromatic N) is 3. The number of hydrogen-bond donors (Lipinski definition) is 3. The molecule has 0 saturated carbocycles. The van der Waals surface area contributed by atoms with Crippen molar-refractivity contribution in [1.29, 1.82) is 5.41 Å². The average molecular weight is 394 g/mol. The first kappa shape index (κ1) is 19.0. The van der Waals surface area contributed by atoms with Gasteiger partial charge in [0.25, 0.3) is 0 Å². The molecule has 3 aliphatic heterocycles. The first-order valence-electron chi connectivity index (χ1n) is 9.08. The topological polar surface area (TPSA) is 99.1 Å². The summed E-state index contributed by atoms with van der Waals surface area (Å²) in [6.45, 7) is 1.22. The van der Waals surface area contributed by atoms with Gasteiger partial charge in [-0.15, -0.1) is 0 Å². The predicted octanol–water partition coefficient (Wildman–Crippen LogP) is 1.70. The standard InChI is InChI=1S/C18H21F3N6O/c19-12-3-14(21)13(20)2-10(12)17-15(22)1-9(6-28-17)27-4-11(16(23)5-27)18-25-7-24-8-26-18/h3,7-10,15,17,23H,1-2,4-6,22H2,(H,24,25,26)/t9?,10?,15?,17-/m1/s1. The summed E-state index contributed by atoms with van der Waals surface area (Å²) in [5.74, 6) is -3.20. The Bertz CT molecular complexity index is 833. The Hall–Kier alpha value is -2.30. The summed E-state index contributed by atoms with van der Waals surface area (Å²) < 4.78 is 46.8. The maximum absolute atomic E-state index is 14.1. The molecular formula is C18H21F3N6O. The molecule has 0 spiro atoms. The molecule has 2 saturated heterocycles. The minimum atomic E-state index is -1.17. The zero-order valence-electron chi connectivity index (χ0n) is 15.0. The Morgan fingerprint density at radius 2 is 2.11 bits per heavy atom. The third-order valence-electron chi connectivity index (χ3n) is 5.54. The Balaban J connectivity index is 1.41. The predicted molar refractivity (Wildman–Crippen MR) is 99.1 cm³/mol. The summed E-state index contributed by atoms with van der Waals surface area (Å²) in [6.07, 6.45) is 2.92. The third-order valence-corrected chi connectivity index (χ3v) is 5.54. The van der Waals surface area contributed by atoms with E-state index in [1.54, 1.807) is 0 Å². The van der Waals surface area contributed by atoms with Crippen molar-refractivity contribution < 1.29 is 17.9 Å². The summed E-state index contributed by atoms with van der Waals surface area (Å²) in [4.78, 5) is 10.1. The number of nitrogens with one attached hydrogen (secondary N) is 2. The van der Waals surface area contributed by atoms with Crippen molar-refractivity contribution in [2.45, 2.75) is 31.0 Å². The Morgan fingerprint density at radius 3 is 2.82 bits per heavy atom. The lowest BCUT2D eigenvalue weighted by molar-refractivity contribution is -0.0668. The molecule has 7 nitrogen and oxygen atoms in total. The Labute approximate surface area is 160 Å². The van der Waals surface area contributed by atoms with Crippen LogP contribution in [0.5, 0.6) is 0 Å². The minimum absolute atomic E-state index is 0.0568. The quantitative estimate of drug-likeness (QED) is 0.664. The van der Waals surface area contributed by atoms with Crippen molar-refractivity contribution >= 4 is 18.4 Å². The highest BCUT2D eigenvalue weighted by Crippen LogP contribution is 2.38. The molecule has 2 fully saturated rings. The van der Waals surface area contributed by atoms with Gasteiger partial charge in [0.1, 0.15) is 23.8 Å². The number of likely N-dealkylation sites (tertiary alicyclic amines) is 1. The van der Waals surface area contributed by atoms with Gasteiger partial charge in [-0.2, -0.15) is 0 Å². The third kappa shape index (κ3) is 3.54. The number of nitrogens with two attached hydrogens (primary N) is 1. The SMILES string of the molecule is N=C1CN(C2CO[C@H](C3CC(F)=C(F)C=C3F)C(N)C2)C/C1=C1\N=CN=CN1. The van der Waals surface area contributed by atoms with Crippen LogP contribution in [0.4, 0.5) is 13.2 Å². The largest absolute Gasteiger partial charge is 0.374 e. The van der Waals surface area contributed by atoms with Crippen LogP contribution in [0, 0.1) is 11.3 Å². The van der Waals surface area contributed by atoms with Crippen LogP contribution in [-0.2, 0) is 4.74 Å². The molecule has 150 valence electrons. The number of ether oxygens (including phenoxy) is 1. The van der Waals surface area contributed by atoms with Crippen molar-refractivity contribution in [2.75, 3.05) is 19.7 Å². The summed E-state index contributed by atoms with van der Waals surface area (Å²) in [5, 5.41) is 11.2. The van der Waals surface area contributed by atoms with Crippen LogP contribution < -0.4 is 11.1 Å². The number of halogens is 3. The van der Waals surface area contributed by atoms with Gasteiger partial charge in [0.2, 0.25) is 0 Å². The zero-order chi connectivity index (χ0) is 19.8. The summed E-state index contributed by atoms with van der Waals surface area (Å²) in [7, 11) is 0. The number of rotatable bonds is 2. The normalized spacial score (nSPS) is 36.7. The number of hydrogen-bond acceptors (Lipinski definition) is 7. The molecule has 0 aromatic heterocycles. The number of allylic oxidation sites excluding steroid dienone is 3. The van der Waals surface area contributed by atoms with E-state index in [0.29, 0.717) is 37.1 Å². The van der Waals surface area contributed by atoms with Gasteiger partial charge in [-0.25, -0.2) is 23.2 Å². The van der Waals surface area contributed by atoms with Crippen LogP contribution in [-0.4, -0.2) is 61.2 Å². The minimum Gasteiger partial charge on any atom is -0.374 e. The van der Waals surface area contributed by atoms with Gasteiger partial charge in [0.05, 0.1) is 24.8 Å². The Morgan fingerprint density at radius 1 is 1.29 bits per heavy atom. The lowest BCUT2D eigenvalue weighted by Crippen LogP contribution is -2.54. The first-order valence-corrected chi connectivity index (χ1v) is 9.08. The fourth-order valence-corrected chi connectivity index (χ4v) is 4.05. The highest BCUT2D eigenvalue weighted by molar-refractivity contribution is 6.03. The van der Waals surface area contributed by atoms with E-state index in [0.717, 1.165) is 5.57 Å². The fourth-order valence-electron chi connectivity index (χ4n) is 4.05. The lowest BCUT2D eigenvalue weighted by Gasteiger charge is -2.41. The lowest BCUT2D eigenvalue weighted by atomic mass is 9.84. The van der Waals surface area contributed by atoms with E-state index in [1.807, 2.05) is 0 Å². The van der Waals surface area contributed by atoms with Crippen LogP contribution in [0.2, 0.25) is 0 Å². The molecule has 0 amide bonds. The molecule has 0 aromatic carbocycles. The van der Waals surface area contributed by atoms with Gasteiger partial charge < -0.3 is 21.2 Å². The van der Waals surface area contributed by atoms with E-state index in [2.05, 4.69) is 20.2 Å². The van der Waals surface area contributed by atoms with Crippen molar-refractivity contribution in [3.8, 4) is 0 Å². The fraction of sp³-hybridized carbons (Fsp3) is 0.500. The van der Waals surface area contributed by atoms with Gasteiger partial charge in [0.15, 0.2) is 5.83 Å². The molecule has 4 aliphatic rings. The molecular weight excluding hydrogens is 373 g/mol. The molecule has 3 unspecified atom stereocenters. The van der Waals surface area contributed by atoms with E-state index in [-0.39, 0.29) is 19.1 Å². The summed E-state index contributed by atoms with van der Waals surface area (Å²) in [5.41, 5.74) is 7.46. The van der Waals surface area contributed by atoms with Crippen LogP contribution in [0.1, 0.15) is 12.8 Å². The number of aliphatic imine (C=N–C) groups is 2. The van der Waals surface area contributed by atoms with Crippen LogP contribution >= 0.6 is 0 Å². The summed E-state index contributed by atoms with van der Waals surface area (Å²) in [6, 6.07) is -0.584. The molecule has 1 aliphatic carbocycles. The molecule has 0 aromatic rings. The monoisotopic (exact) mass is 394 g/mol. The molecule has 0 radical (unpaired) electrons. The second-order valence-electron chi connectivity index (χ2n) is 7.32. The van der Waals surface area contributed by atoms with E-state index in [4.69, 9.17) is 15.9 Å². The Kier molecular flexibility index (Phi) is 5.17. The van der Waals surface area contributed by atoms with Crippen LogP contribution in [0.25, 0.3) is 0 Å². The van der Waals surface area contributed by atoms with Gasteiger partial charge in [-0.3, -0.25) is 4.90 Å². The van der Waals surface area contributed by atoms with Crippen molar-refractivity contribution in [3.63, 3.8) is 0 Å². The molecule has 3 heterocycles. The van der Waals surface area contributed by atoms with Crippen LogP contribution in [0.15, 0.2) is 44.9 Å². The van der Waals surface area contributed by atoms with Gasteiger partial charge in [-0.05, 0) is 6.42 Å². The van der Waals surface area contributed by atoms with Crippen molar-refractivity contribution in [1.82, 2.24) is 10.2 Å². The second kappa shape index (κ2) is 7.61. The maximum Gasteiger partial charge on any atom is 0.157 e. The highest BCUT2D eigenvalue weighted by Gasteiger charge is 2.42. The van der Waals surface area contributed by atoms with Crippen LogP contribution in [0.3, 0.4) is 0 Å². The van der Waals surface area contributed by atoms with Crippen molar-refractivity contribution in [2.24, 2.45) is 21.6 Å². The van der Waals surface area contributed by atoms with Gasteiger partial charge in [0, 0.05) is 49.2 Å². The smallest absolute Gasteiger partial charge is 0.157 e. The van der Waals surface area contributed by atoms with E-state index in [1.165, 1.54) is 12.7 Å².